The van der Waals surface area contributed by atoms with E-state index in [2.05, 4.69) is 27.6 Å². The maximum Gasteiger partial charge on any atom is 0.125 e. The molecule has 0 aliphatic heterocycles. The topological polar surface area (TPSA) is 63.1 Å². The number of hydrogen-bond donors (Lipinski definition) is 1. The van der Waals surface area contributed by atoms with Gasteiger partial charge in [0.05, 0.1) is 33.4 Å². The molecule has 0 saturated carbocycles. The van der Waals surface area contributed by atoms with Crippen LogP contribution >= 0.6 is 11.3 Å². The molecule has 0 fully saturated rings. The molecule has 5 nitrogen and oxygen atoms in total. The van der Waals surface area contributed by atoms with Crippen LogP contribution in [0.15, 0.2) is 66.0 Å². The van der Waals surface area contributed by atoms with E-state index in [4.69, 9.17) is 9.97 Å². The third-order valence-electron chi connectivity index (χ3n) is 5.19. The summed E-state index contributed by atoms with van der Waals surface area (Å²) < 4.78 is 13.5. The van der Waals surface area contributed by atoms with Crippen molar-refractivity contribution in [1.29, 1.82) is 0 Å². The molecule has 4 aromatic rings. The first-order valence-electron chi connectivity index (χ1n) is 10.1. The van der Waals surface area contributed by atoms with E-state index in [-0.39, 0.29) is 5.82 Å². The summed E-state index contributed by atoms with van der Waals surface area (Å²) in [6.07, 6.45) is 6.40. The van der Waals surface area contributed by atoms with Crippen LogP contribution in [0.3, 0.4) is 0 Å². The molecular weight excluding hydrogens is 409 g/mol. The number of benzene rings is 1. The molecule has 0 amide bonds. The first-order chi connectivity index (χ1) is 15.2. The summed E-state index contributed by atoms with van der Waals surface area (Å²) >= 11 is 1.62. The normalized spacial score (nSPS) is 14.5. The Bertz CT molecular complexity index is 1270. The fourth-order valence-electron chi connectivity index (χ4n) is 3.68. The van der Waals surface area contributed by atoms with Crippen LogP contribution in [0.1, 0.15) is 29.8 Å². The second kappa shape index (κ2) is 8.35. The first kappa shape index (κ1) is 19.5. The number of fused-ring (bicyclic) bond motifs is 1. The van der Waals surface area contributed by atoms with Crippen molar-refractivity contribution in [2.45, 2.75) is 26.2 Å². The van der Waals surface area contributed by atoms with Crippen molar-refractivity contribution in [2.24, 2.45) is 5.10 Å². The average Bonchev–Trinajstić information content (AvgIpc) is 3.19. The number of thiazole rings is 1. The Kier molecular flexibility index (Phi) is 5.26. The van der Waals surface area contributed by atoms with Crippen molar-refractivity contribution in [1.82, 2.24) is 15.0 Å². The molecule has 0 atom stereocenters. The second-order valence-electron chi connectivity index (χ2n) is 7.41. The summed E-state index contributed by atoms with van der Waals surface area (Å²) in [5.41, 5.74) is 9.43. The van der Waals surface area contributed by atoms with Gasteiger partial charge in [-0.05, 0) is 68.1 Å². The molecule has 0 saturated heterocycles. The summed E-state index contributed by atoms with van der Waals surface area (Å²) in [7, 11) is 0. The van der Waals surface area contributed by atoms with E-state index >= 15 is 0 Å². The van der Waals surface area contributed by atoms with Gasteiger partial charge in [0, 0.05) is 18.0 Å². The van der Waals surface area contributed by atoms with Crippen molar-refractivity contribution in [2.75, 3.05) is 5.43 Å². The summed E-state index contributed by atoms with van der Waals surface area (Å²) in [5.74, 6) is -0.292. The molecule has 1 aliphatic carbocycles. The Morgan fingerprint density at radius 3 is 2.84 bits per heavy atom. The number of hydrogen-bond acceptors (Lipinski definition) is 6. The van der Waals surface area contributed by atoms with E-state index in [0.29, 0.717) is 5.69 Å². The lowest BCUT2D eigenvalue weighted by Gasteiger charge is -2.18. The van der Waals surface area contributed by atoms with E-state index < -0.39 is 0 Å². The highest BCUT2D eigenvalue weighted by atomic mass is 32.1. The fraction of sp³-hybridized carbons (Fsp3) is 0.167. The molecule has 0 unspecified atom stereocenters. The molecule has 0 spiro atoms. The van der Waals surface area contributed by atoms with Gasteiger partial charge in [-0.2, -0.15) is 5.10 Å². The maximum atomic E-state index is 13.5. The number of hydrazone groups is 1. The Hall–Kier alpha value is -3.45. The smallest absolute Gasteiger partial charge is 0.125 e. The minimum atomic E-state index is -0.292. The van der Waals surface area contributed by atoms with Gasteiger partial charge in [-0.1, -0.05) is 12.1 Å². The quantitative estimate of drug-likeness (QED) is 0.412. The molecule has 1 N–H and O–H groups in total. The molecule has 31 heavy (non-hydrogen) atoms. The van der Waals surface area contributed by atoms with E-state index in [0.717, 1.165) is 57.5 Å². The van der Waals surface area contributed by atoms with Gasteiger partial charge in [-0.3, -0.25) is 10.4 Å². The van der Waals surface area contributed by atoms with Gasteiger partial charge >= 0.3 is 0 Å². The van der Waals surface area contributed by atoms with Gasteiger partial charge in [0.15, 0.2) is 0 Å². The fourth-order valence-corrected chi connectivity index (χ4v) is 4.70. The van der Waals surface area contributed by atoms with Crippen LogP contribution in [-0.4, -0.2) is 20.7 Å². The highest BCUT2D eigenvalue weighted by Crippen LogP contribution is 2.35. The Balaban J connectivity index is 1.49. The molecule has 3 heterocycles. The van der Waals surface area contributed by atoms with Crippen LogP contribution in [0.5, 0.6) is 0 Å². The average molecular weight is 430 g/mol. The summed E-state index contributed by atoms with van der Waals surface area (Å²) in [6.45, 7) is 2.01. The number of anilines is 1. The number of halogens is 1. The van der Waals surface area contributed by atoms with Crippen molar-refractivity contribution in [3.63, 3.8) is 0 Å². The SMILES string of the molecule is Cc1nc(-c2cccnc2)sc1-c1ccc2c(n1)/C(=N/Nc1cccc(F)c1)CCC2. The lowest BCUT2D eigenvalue weighted by atomic mass is 9.94. The number of nitrogens with one attached hydrogen (secondary N) is 1. The van der Waals surface area contributed by atoms with Crippen molar-refractivity contribution in [3.05, 3.63) is 83.7 Å². The summed E-state index contributed by atoms with van der Waals surface area (Å²) in [6, 6.07) is 14.4. The Labute approximate surface area is 183 Å². The Morgan fingerprint density at radius 1 is 1.06 bits per heavy atom. The highest BCUT2D eigenvalue weighted by Gasteiger charge is 2.20. The van der Waals surface area contributed by atoms with Crippen LogP contribution < -0.4 is 5.43 Å². The van der Waals surface area contributed by atoms with Gasteiger partial charge in [0.25, 0.3) is 0 Å². The van der Waals surface area contributed by atoms with Gasteiger partial charge in [-0.15, -0.1) is 11.3 Å². The lowest BCUT2D eigenvalue weighted by Crippen LogP contribution is -2.16. The number of pyridine rings is 2. The molecule has 0 bridgehead atoms. The van der Waals surface area contributed by atoms with Crippen LogP contribution in [0.2, 0.25) is 0 Å². The first-order valence-corrected chi connectivity index (χ1v) is 11.0. The predicted octanol–water partition coefficient (Wildman–Crippen LogP) is 5.87. The second-order valence-corrected chi connectivity index (χ2v) is 8.41. The third kappa shape index (κ3) is 4.09. The largest absolute Gasteiger partial charge is 0.278 e. The van der Waals surface area contributed by atoms with E-state index in [9.17, 15) is 4.39 Å². The van der Waals surface area contributed by atoms with E-state index in [1.807, 2.05) is 25.3 Å². The predicted molar refractivity (Wildman–Crippen MR) is 123 cm³/mol. The molecule has 0 radical (unpaired) electrons. The number of rotatable bonds is 4. The van der Waals surface area contributed by atoms with Crippen LogP contribution in [0.25, 0.3) is 21.1 Å². The number of aromatic nitrogens is 3. The van der Waals surface area contributed by atoms with Crippen molar-refractivity contribution < 1.29 is 4.39 Å². The zero-order valence-electron chi connectivity index (χ0n) is 17.0. The monoisotopic (exact) mass is 429 g/mol. The minimum absolute atomic E-state index is 0.292. The molecule has 1 aromatic carbocycles. The molecule has 154 valence electrons. The van der Waals surface area contributed by atoms with Gasteiger partial charge in [0.2, 0.25) is 0 Å². The van der Waals surface area contributed by atoms with Crippen molar-refractivity contribution >= 4 is 22.7 Å². The zero-order chi connectivity index (χ0) is 21.2. The lowest BCUT2D eigenvalue weighted by molar-refractivity contribution is 0.628. The van der Waals surface area contributed by atoms with Crippen LogP contribution in [0.4, 0.5) is 10.1 Å². The van der Waals surface area contributed by atoms with Crippen LogP contribution in [-0.2, 0) is 6.42 Å². The van der Waals surface area contributed by atoms with Crippen LogP contribution in [0, 0.1) is 12.7 Å². The van der Waals surface area contributed by atoms with E-state index in [1.165, 1.54) is 17.7 Å². The maximum absolute atomic E-state index is 13.5. The molecule has 5 rings (SSSR count). The minimum Gasteiger partial charge on any atom is -0.278 e. The van der Waals surface area contributed by atoms with Crippen molar-refractivity contribution in [3.8, 4) is 21.1 Å². The third-order valence-corrected chi connectivity index (χ3v) is 6.42. The molecule has 3 aromatic heterocycles. The van der Waals surface area contributed by atoms with Gasteiger partial charge in [-0.25, -0.2) is 14.4 Å². The summed E-state index contributed by atoms with van der Waals surface area (Å²) in [5, 5.41) is 5.50. The zero-order valence-corrected chi connectivity index (χ0v) is 17.8. The molecule has 7 heteroatoms. The van der Waals surface area contributed by atoms with Gasteiger partial charge < -0.3 is 0 Å². The summed E-state index contributed by atoms with van der Waals surface area (Å²) in [4.78, 5) is 14.9. The standard InChI is InChI=1S/C24H20FN5S/c1-15-23(31-24(27-15)17-6-4-12-26-14-17)21-11-10-16-5-2-9-20(22(16)28-21)30-29-19-8-3-7-18(25)13-19/h3-4,6-8,10-14,29H,2,5,9H2,1H3/b30-20+. The Morgan fingerprint density at radius 2 is 2.00 bits per heavy atom. The molecule has 1 aliphatic rings. The molecular formula is C24H20FN5S. The highest BCUT2D eigenvalue weighted by molar-refractivity contribution is 7.18. The van der Waals surface area contributed by atoms with Gasteiger partial charge in [0.1, 0.15) is 10.8 Å². The number of aryl methyl sites for hydroxylation is 2. The number of nitrogens with zero attached hydrogens (tertiary/aromatic N) is 4. The van der Waals surface area contributed by atoms with E-state index in [1.54, 1.807) is 29.7 Å².